The predicted octanol–water partition coefficient (Wildman–Crippen LogP) is 4.29. The van der Waals surface area contributed by atoms with E-state index in [1.165, 1.54) is 9.60 Å². The third-order valence-electron chi connectivity index (χ3n) is 3.21. The fraction of sp³-hybridized carbons (Fsp3) is 0.188. The number of para-hydroxylation sites is 1. The Morgan fingerprint density at radius 2 is 1.90 bits per heavy atom. The van der Waals surface area contributed by atoms with Crippen molar-refractivity contribution in [3.63, 3.8) is 0 Å². The number of rotatable bonds is 4. The van der Waals surface area contributed by atoms with Gasteiger partial charge in [-0.15, -0.1) is 23.1 Å². The summed E-state index contributed by atoms with van der Waals surface area (Å²) < 4.78 is 1.17. The van der Waals surface area contributed by atoms with Crippen LogP contribution in [0.3, 0.4) is 0 Å². The van der Waals surface area contributed by atoms with E-state index in [1.807, 2.05) is 48.7 Å². The third kappa shape index (κ3) is 2.87. The fourth-order valence-electron chi connectivity index (χ4n) is 2.12. The van der Waals surface area contributed by atoms with Gasteiger partial charge in [-0.25, -0.2) is 4.98 Å². The monoisotopic (exact) mass is 301 g/mol. The van der Waals surface area contributed by atoms with E-state index in [9.17, 15) is 5.11 Å². The van der Waals surface area contributed by atoms with Gasteiger partial charge in [0.25, 0.3) is 0 Å². The van der Waals surface area contributed by atoms with Crippen molar-refractivity contribution >= 4 is 33.3 Å². The van der Waals surface area contributed by atoms with Crippen LogP contribution in [0.5, 0.6) is 0 Å². The Morgan fingerprint density at radius 3 is 2.60 bits per heavy atom. The number of benzene rings is 2. The highest BCUT2D eigenvalue weighted by molar-refractivity contribution is 7.98. The number of aliphatic hydroxyl groups is 1. The van der Waals surface area contributed by atoms with Crippen LogP contribution < -0.4 is 0 Å². The Hall–Kier alpha value is -1.36. The molecule has 0 fully saturated rings. The molecule has 0 saturated heterocycles. The first-order valence-corrected chi connectivity index (χ1v) is 8.47. The number of aromatic nitrogens is 1. The van der Waals surface area contributed by atoms with E-state index in [-0.39, 0.29) is 0 Å². The van der Waals surface area contributed by atoms with Crippen LogP contribution in [0.2, 0.25) is 0 Å². The van der Waals surface area contributed by atoms with Gasteiger partial charge in [0.1, 0.15) is 0 Å². The summed E-state index contributed by atoms with van der Waals surface area (Å²) in [6, 6.07) is 16.1. The van der Waals surface area contributed by atoms with Gasteiger partial charge in [0, 0.05) is 11.3 Å². The lowest BCUT2D eigenvalue weighted by Crippen LogP contribution is -2.01. The van der Waals surface area contributed by atoms with Crippen molar-refractivity contribution in [3.8, 4) is 0 Å². The molecule has 0 amide bonds. The third-order valence-corrected chi connectivity index (χ3v) is 5.01. The molecule has 2 aromatic carbocycles. The second-order valence-electron chi connectivity index (χ2n) is 4.57. The van der Waals surface area contributed by atoms with E-state index in [2.05, 4.69) is 11.1 Å². The number of nitrogens with zero attached hydrogens (tertiary/aromatic N) is 1. The molecule has 1 aromatic heterocycles. The topological polar surface area (TPSA) is 33.1 Å². The summed E-state index contributed by atoms with van der Waals surface area (Å²) in [6.07, 6.45) is 2.12. The van der Waals surface area contributed by atoms with Gasteiger partial charge in [0.2, 0.25) is 0 Å². The molecule has 0 saturated carbocycles. The molecular formula is C16H15NOS2. The molecule has 0 radical (unpaired) electrons. The van der Waals surface area contributed by atoms with E-state index in [0.29, 0.717) is 6.42 Å². The number of thioether (sulfide) groups is 1. The maximum Gasteiger partial charge on any atom is 0.0967 e. The Labute approximate surface area is 126 Å². The first-order valence-electron chi connectivity index (χ1n) is 6.43. The van der Waals surface area contributed by atoms with Crippen LogP contribution in [-0.2, 0) is 6.42 Å². The molecule has 1 atom stereocenters. The van der Waals surface area contributed by atoms with Crippen LogP contribution in [-0.4, -0.2) is 16.3 Å². The summed E-state index contributed by atoms with van der Waals surface area (Å²) in [5.41, 5.74) is 1.96. The van der Waals surface area contributed by atoms with Crippen LogP contribution in [0.1, 0.15) is 16.7 Å². The van der Waals surface area contributed by atoms with E-state index in [4.69, 9.17) is 0 Å². The summed E-state index contributed by atoms with van der Waals surface area (Å²) in [4.78, 5) is 5.78. The van der Waals surface area contributed by atoms with Gasteiger partial charge in [-0.2, -0.15) is 0 Å². The zero-order chi connectivity index (χ0) is 13.9. The maximum absolute atomic E-state index is 10.3. The minimum absolute atomic E-state index is 0.494. The number of thiazole rings is 1. The first-order chi connectivity index (χ1) is 9.76. The van der Waals surface area contributed by atoms with Gasteiger partial charge < -0.3 is 5.11 Å². The van der Waals surface area contributed by atoms with Crippen LogP contribution in [0.4, 0.5) is 0 Å². The van der Waals surface area contributed by atoms with Gasteiger partial charge in [-0.3, -0.25) is 0 Å². The molecule has 1 heterocycles. The fourth-order valence-corrected chi connectivity index (χ4v) is 3.53. The van der Waals surface area contributed by atoms with Gasteiger partial charge in [0.15, 0.2) is 0 Å². The normalized spacial score (nSPS) is 12.7. The van der Waals surface area contributed by atoms with Gasteiger partial charge in [0.05, 0.1) is 21.3 Å². The number of hydrogen-bond acceptors (Lipinski definition) is 4. The second kappa shape index (κ2) is 5.95. The number of aliphatic hydroxyl groups excluding tert-OH is 1. The first kappa shape index (κ1) is 13.6. The minimum Gasteiger partial charge on any atom is -0.388 e. The lowest BCUT2D eigenvalue weighted by atomic mass is 10.1. The van der Waals surface area contributed by atoms with Gasteiger partial charge in [-0.1, -0.05) is 24.3 Å². The van der Waals surface area contributed by atoms with Crippen molar-refractivity contribution in [2.45, 2.75) is 17.4 Å². The van der Waals surface area contributed by atoms with Crippen molar-refractivity contribution in [1.29, 1.82) is 0 Å². The Morgan fingerprint density at radius 1 is 1.15 bits per heavy atom. The van der Waals surface area contributed by atoms with Crippen molar-refractivity contribution in [2.24, 2.45) is 0 Å². The highest BCUT2D eigenvalue weighted by Gasteiger charge is 2.12. The minimum atomic E-state index is -0.494. The van der Waals surface area contributed by atoms with Crippen molar-refractivity contribution in [1.82, 2.24) is 4.98 Å². The summed E-state index contributed by atoms with van der Waals surface area (Å²) >= 11 is 3.36. The maximum atomic E-state index is 10.3. The lowest BCUT2D eigenvalue weighted by molar-refractivity contribution is 0.178. The van der Waals surface area contributed by atoms with Crippen LogP contribution in [0.25, 0.3) is 10.2 Å². The molecule has 3 aromatic rings. The van der Waals surface area contributed by atoms with E-state index < -0.39 is 6.10 Å². The van der Waals surface area contributed by atoms with Crippen molar-refractivity contribution < 1.29 is 5.11 Å². The Balaban J connectivity index is 1.78. The molecule has 4 heteroatoms. The second-order valence-corrected chi connectivity index (χ2v) is 6.56. The average Bonchev–Trinajstić information content (AvgIpc) is 2.89. The van der Waals surface area contributed by atoms with Crippen LogP contribution in [0, 0.1) is 0 Å². The Kier molecular flexibility index (Phi) is 4.05. The smallest absolute Gasteiger partial charge is 0.0967 e. The molecule has 1 unspecified atom stereocenters. The molecule has 3 rings (SSSR count). The molecule has 102 valence electrons. The zero-order valence-corrected chi connectivity index (χ0v) is 12.7. The SMILES string of the molecule is CSc1ccc(C(O)Cc2nc3ccccc3s2)cc1. The van der Waals surface area contributed by atoms with Crippen molar-refractivity contribution in [2.75, 3.05) is 6.26 Å². The van der Waals surface area contributed by atoms with E-state index in [1.54, 1.807) is 23.1 Å². The predicted molar refractivity (Wildman–Crippen MR) is 86.5 cm³/mol. The molecular weight excluding hydrogens is 286 g/mol. The number of hydrogen-bond donors (Lipinski definition) is 1. The molecule has 0 spiro atoms. The highest BCUT2D eigenvalue weighted by atomic mass is 32.2. The summed E-state index contributed by atoms with van der Waals surface area (Å²) in [7, 11) is 0. The quantitative estimate of drug-likeness (QED) is 0.730. The van der Waals surface area contributed by atoms with Crippen LogP contribution >= 0.6 is 23.1 Å². The standard InChI is InChI=1S/C16H15NOS2/c1-19-12-8-6-11(7-9-12)14(18)10-16-17-13-4-2-3-5-15(13)20-16/h2-9,14,18H,10H2,1H3. The molecule has 0 aliphatic heterocycles. The molecule has 1 N–H and O–H groups in total. The summed E-state index contributed by atoms with van der Waals surface area (Å²) in [6.45, 7) is 0. The zero-order valence-electron chi connectivity index (χ0n) is 11.1. The highest BCUT2D eigenvalue weighted by Crippen LogP contribution is 2.27. The molecule has 0 bridgehead atoms. The number of fused-ring (bicyclic) bond motifs is 1. The molecule has 2 nitrogen and oxygen atoms in total. The summed E-state index contributed by atoms with van der Waals surface area (Å²) in [5, 5.41) is 11.3. The van der Waals surface area contributed by atoms with Gasteiger partial charge in [-0.05, 0) is 36.1 Å². The molecule has 20 heavy (non-hydrogen) atoms. The van der Waals surface area contributed by atoms with Crippen LogP contribution in [0.15, 0.2) is 53.4 Å². The largest absolute Gasteiger partial charge is 0.388 e. The van der Waals surface area contributed by atoms with Crippen molar-refractivity contribution in [3.05, 3.63) is 59.1 Å². The lowest BCUT2D eigenvalue weighted by Gasteiger charge is -2.09. The molecule has 0 aliphatic carbocycles. The Bertz CT molecular complexity index is 673. The average molecular weight is 301 g/mol. The van der Waals surface area contributed by atoms with E-state index in [0.717, 1.165) is 16.1 Å². The van der Waals surface area contributed by atoms with Gasteiger partial charge >= 0.3 is 0 Å². The molecule has 0 aliphatic rings. The van der Waals surface area contributed by atoms with E-state index >= 15 is 0 Å². The summed E-state index contributed by atoms with van der Waals surface area (Å²) in [5.74, 6) is 0.